The number of aromatic nitrogens is 3. The number of rotatable bonds is 3. The first-order valence-electron chi connectivity index (χ1n) is 10.7. The van der Waals surface area contributed by atoms with Gasteiger partial charge >= 0.3 is 6.03 Å². The van der Waals surface area contributed by atoms with E-state index >= 15 is 0 Å². The second-order valence-electron chi connectivity index (χ2n) is 9.42. The zero-order chi connectivity index (χ0) is 18.5. The minimum atomic E-state index is -0.132. The van der Waals surface area contributed by atoms with Gasteiger partial charge in [0.1, 0.15) is 6.33 Å². The molecule has 6 rings (SSSR count). The van der Waals surface area contributed by atoms with E-state index in [4.69, 9.17) is 0 Å². The van der Waals surface area contributed by atoms with Crippen molar-refractivity contribution in [1.29, 1.82) is 0 Å². The van der Waals surface area contributed by atoms with Crippen molar-refractivity contribution in [3.05, 3.63) is 12.2 Å². The van der Waals surface area contributed by atoms with Gasteiger partial charge in [0.15, 0.2) is 5.82 Å². The van der Waals surface area contributed by atoms with Crippen molar-refractivity contribution in [2.75, 3.05) is 26.2 Å². The number of hydrogen-bond acceptors (Lipinski definition) is 4. The summed E-state index contributed by atoms with van der Waals surface area (Å²) in [4.78, 5) is 17.4. The smallest absolute Gasteiger partial charge is 0.318 e. The quantitative estimate of drug-likeness (QED) is 0.882. The highest BCUT2D eigenvalue weighted by atomic mass is 16.2. The minimum Gasteiger partial charge on any atom is -0.328 e. The summed E-state index contributed by atoms with van der Waals surface area (Å²) in [6.07, 6.45) is 9.04. The van der Waals surface area contributed by atoms with E-state index in [-0.39, 0.29) is 12.1 Å². The molecule has 5 fully saturated rings. The lowest BCUT2D eigenvalue weighted by Crippen LogP contribution is -2.61. The lowest BCUT2D eigenvalue weighted by molar-refractivity contribution is -0.0737. The van der Waals surface area contributed by atoms with Crippen LogP contribution < -0.4 is 5.32 Å². The Bertz CT molecular complexity index is 666. The van der Waals surface area contributed by atoms with E-state index in [0.29, 0.717) is 0 Å². The molecular weight excluding hydrogens is 340 g/mol. The van der Waals surface area contributed by atoms with Gasteiger partial charge in [-0.25, -0.2) is 4.79 Å². The molecule has 2 amide bonds. The summed E-state index contributed by atoms with van der Waals surface area (Å²) < 4.78 is 1.86. The molecule has 1 saturated heterocycles. The highest BCUT2D eigenvalue weighted by Crippen LogP contribution is 2.55. The molecular formula is C20H32N6O. The molecule has 27 heavy (non-hydrogen) atoms. The molecule has 1 aromatic rings. The van der Waals surface area contributed by atoms with Crippen molar-refractivity contribution < 1.29 is 4.79 Å². The normalized spacial score (nSPS) is 36.8. The van der Waals surface area contributed by atoms with E-state index in [1.54, 1.807) is 6.33 Å². The highest BCUT2D eigenvalue weighted by molar-refractivity contribution is 5.74. The Balaban J connectivity index is 1.16. The molecule has 0 radical (unpaired) electrons. The maximum absolute atomic E-state index is 12.7. The van der Waals surface area contributed by atoms with Crippen LogP contribution in [0.15, 0.2) is 6.33 Å². The lowest BCUT2D eigenvalue weighted by atomic mass is 9.54. The van der Waals surface area contributed by atoms with Crippen molar-refractivity contribution >= 4 is 6.03 Å². The molecule has 4 saturated carbocycles. The Morgan fingerprint density at radius 1 is 1.07 bits per heavy atom. The first-order valence-corrected chi connectivity index (χ1v) is 10.7. The second kappa shape index (κ2) is 6.76. The largest absolute Gasteiger partial charge is 0.328 e. The van der Waals surface area contributed by atoms with Gasteiger partial charge in [-0.05, 0) is 62.7 Å². The Hall–Kier alpha value is -1.63. The summed E-state index contributed by atoms with van der Waals surface area (Å²) in [5.74, 6) is 4.70. The van der Waals surface area contributed by atoms with Crippen LogP contribution in [0.3, 0.4) is 0 Å². The fourth-order valence-electron chi connectivity index (χ4n) is 6.74. The Morgan fingerprint density at radius 2 is 1.70 bits per heavy atom. The molecule has 4 aliphatic carbocycles. The van der Waals surface area contributed by atoms with Gasteiger partial charge in [0.2, 0.25) is 0 Å². The summed E-state index contributed by atoms with van der Waals surface area (Å²) in [6, 6.07) is 0.684. The van der Waals surface area contributed by atoms with Crippen LogP contribution in [0.2, 0.25) is 0 Å². The monoisotopic (exact) mass is 372 g/mol. The zero-order valence-corrected chi connectivity index (χ0v) is 16.5. The van der Waals surface area contributed by atoms with Gasteiger partial charge in [-0.1, -0.05) is 0 Å². The molecule has 7 heteroatoms. The fourth-order valence-corrected chi connectivity index (χ4v) is 6.74. The SMILES string of the molecule is CC(NC(=O)N1CCN(C2C3CC4CC(C3)CC2C4)CC1)c1nncn1C. The van der Waals surface area contributed by atoms with Gasteiger partial charge in [0, 0.05) is 39.3 Å². The molecule has 0 spiro atoms. The summed E-state index contributed by atoms with van der Waals surface area (Å²) in [5.41, 5.74) is 0. The molecule has 1 atom stereocenters. The van der Waals surface area contributed by atoms with Crippen LogP contribution >= 0.6 is 0 Å². The van der Waals surface area contributed by atoms with Crippen LogP contribution in [0.4, 0.5) is 4.79 Å². The molecule has 1 N–H and O–H groups in total. The van der Waals surface area contributed by atoms with Gasteiger partial charge in [-0.2, -0.15) is 0 Å². The first kappa shape index (κ1) is 17.5. The van der Waals surface area contributed by atoms with E-state index in [1.807, 2.05) is 23.4 Å². The van der Waals surface area contributed by atoms with Crippen LogP contribution in [0.25, 0.3) is 0 Å². The van der Waals surface area contributed by atoms with Crippen LogP contribution in [-0.4, -0.2) is 62.8 Å². The zero-order valence-electron chi connectivity index (χ0n) is 16.5. The van der Waals surface area contributed by atoms with Gasteiger partial charge in [-0.3, -0.25) is 4.90 Å². The maximum atomic E-state index is 12.7. The number of aryl methyl sites for hydroxylation is 1. The van der Waals surface area contributed by atoms with Gasteiger partial charge in [-0.15, -0.1) is 10.2 Å². The number of carbonyl (C=O) groups is 1. The van der Waals surface area contributed by atoms with Crippen LogP contribution in [0.1, 0.15) is 50.9 Å². The first-order chi connectivity index (χ1) is 13.1. The molecule has 1 aliphatic heterocycles. The third kappa shape index (κ3) is 3.13. The van der Waals surface area contributed by atoms with E-state index in [2.05, 4.69) is 20.4 Å². The molecule has 4 bridgehead atoms. The van der Waals surface area contributed by atoms with Gasteiger partial charge in [0.05, 0.1) is 6.04 Å². The summed E-state index contributed by atoms with van der Waals surface area (Å²) in [6.45, 7) is 5.69. The van der Waals surface area contributed by atoms with Gasteiger partial charge < -0.3 is 14.8 Å². The number of nitrogens with zero attached hydrogens (tertiary/aromatic N) is 5. The highest BCUT2D eigenvalue weighted by Gasteiger charge is 2.50. The van der Waals surface area contributed by atoms with Gasteiger partial charge in [0.25, 0.3) is 0 Å². The second-order valence-corrected chi connectivity index (χ2v) is 9.42. The standard InChI is InChI=1S/C20H32N6O/c1-13(19-23-21-12-24(19)2)22-20(27)26-5-3-25(4-6-26)18-16-8-14-7-15(10-16)11-17(18)9-14/h12-18H,3-11H2,1-2H3,(H,22,27). The number of amides is 2. The maximum Gasteiger partial charge on any atom is 0.318 e. The molecule has 5 aliphatic rings. The number of urea groups is 1. The van der Waals surface area contributed by atoms with Crippen molar-refractivity contribution in [2.45, 2.75) is 51.1 Å². The van der Waals surface area contributed by atoms with Crippen molar-refractivity contribution in [3.8, 4) is 0 Å². The minimum absolute atomic E-state index is 0.0234. The van der Waals surface area contributed by atoms with Crippen LogP contribution in [-0.2, 0) is 7.05 Å². The average Bonchev–Trinajstić information content (AvgIpc) is 3.07. The van der Waals surface area contributed by atoms with E-state index in [1.165, 1.54) is 32.1 Å². The molecule has 2 heterocycles. The van der Waals surface area contributed by atoms with Crippen LogP contribution in [0, 0.1) is 23.7 Å². The predicted molar refractivity (Wildman–Crippen MR) is 102 cm³/mol. The van der Waals surface area contributed by atoms with Crippen molar-refractivity contribution in [2.24, 2.45) is 30.7 Å². The Morgan fingerprint density at radius 3 is 2.26 bits per heavy atom. The predicted octanol–water partition coefficient (Wildman–Crippen LogP) is 2.03. The number of hydrogen-bond donors (Lipinski definition) is 1. The molecule has 148 valence electrons. The summed E-state index contributed by atoms with van der Waals surface area (Å²) >= 11 is 0. The van der Waals surface area contributed by atoms with E-state index < -0.39 is 0 Å². The average molecular weight is 373 g/mol. The summed E-state index contributed by atoms with van der Waals surface area (Å²) in [5, 5.41) is 11.1. The Labute approximate surface area is 161 Å². The van der Waals surface area contributed by atoms with E-state index in [9.17, 15) is 4.79 Å². The molecule has 1 unspecified atom stereocenters. The number of nitrogens with one attached hydrogen (secondary N) is 1. The molecule has 0 aromatic carbocycles. The van der Waals surface area contributed by atoms with Crippen molar-refractivity contribution in [3.63, 3.8) is 0 Å². The van der Waals surface area contributed by atoms with Crippen LogP contribution in [0.5, 0.6) is 0 Å². The number of carbonyl (C=O) groups excluding carboxylic acids is 1. The number of piperazine rings is 1. The summed E-state index contributed by atoms with van der Waals surface area (Å²) in [7, 11) is 1.90. The van der Waals surface area contributed by atoms with Crippen molar-refractivity contribution in [1.82, 2.24) is 29.9 Å². The Kier molecular flexibility index (Phi) is 4.37. The lowest BCUT2D eigenvalue weighted by Gasteiger charge is -2.58. The third-order valence-corrected chi connectivity index (χ3v) is 7.67. The fraction of sp³-hybridized carbons (Fsp3) is 0.850. The topological polar surface area (TPSA) is 66.3 Å². The molecule has 1 aromatic heterocycles. The third-order valence-electron chi connectivity index (χ3n) is 7.67. The van der Waals surface area contributed by atoms with E-state index in [0.717, 1.165) is 61.7 Å². The molecule has 7 nitrogen and oxygen atoms in total.